The van der Waals surface area contributed by atoms with Crippen molar-refractivity contribution in [1.29, 1.82) is 0 Å². The van der Waals surface area contributed by atoms with Gasteiger partial charge in [-0.3, -0.25) is 4.90 Å². The van der Waals surface area contributed by atoms with Crippen LogP contribution in [0.3, 0.4) is 0 Å². The summed E-state index contributed by atoms with van der Waals surface area (Å²) in [5.41, 5.74) is -0.593. The molecular weight excluding hydrogens is 276 g/mol. The largest absolute Gasteiger partial charge is 0.463 e. The third kappa shape index (κ3) is 7.87. The van der Waals surface area contributed by atoms with Crippen LogP contribution in [0.2, 0.25) is 0 Å². The Morgan fingerprint density at radius 2 is 1.90 bits per heavy atom. The molecule has 1 atom stereocenters. The number of rotatable bonds is 5. The lowest BCUT2D eigenvalue weighted by Crippen LogP contribution is -2.43. The third-order valence-electron chi connectivity index (χ3n) is 2.84. The third-order valence-corrected chi connectivity index (χ3v) is 2.84. The van der Waals surface area contributed by atoms with Crippen LogP contribution in [-0.2, 0) is 19.0 Å². The van der Waals surface area contributed by atoms with Gasteiger partial charge in [-0.2, -0.15) is 0 Å². The van der Waals surface area contributed by atoms with Crippen LogP contribution in [0.4, 0.5) is 4.79 Å². The van der Waals surface area contributed by atoms with E-state index in [-0.39, 0.29) is 0 Å². The fraction of sp³-hybridized carbons (Fsp3) is 0.857. The van der Waals surface area contributed by atoms with E-state index in [9.17, 15) is 9.59 Å². The second-order valence-electron chi connectivity index (χ2n) is 5.99. The van der Waals surface area contributed by atoms with E-state index in [1.54, 1.807) is 27.7 Å². The fourth-order valence-corrected chi connectivity index (χ4v) is 1.77. The van der Waals surface area contributed by atoms with Gasteiger partial charge in [0.2, 0.25) is 0 Å². The molecule has 1 rings (SSSR count). The van der Waals surface area contributed by atoms with Gasteiger partial charge in [-0.05, 0) is 27.7 Å². The van der Waals surface area contributed by atoms with Crippen LogP contribution >= 0.6 is 0 Å². The van der Waals surface area contributed by atoms with Gasteiger partial charge in [0.1, 0.15) is 18.2 Å². The Labute approximate surface area is 125 Å². The summed E-state index contributed by atoms with van der Waals surface area (Å²) in [5, 5.41) is 2.46. The molecule has 1 heterocycles. The van der Waals surface area contributed by atoms with Crippen LogP contribution in [0.25, 0.3) is 0 Å². The summed E-state index contributed by atoms with van der Waals surface area (Å²) in [6.07, 6.45) is -0.625. The predicted molar refractivity (Wildman–Crippen MR) is 77.0 cm³/mol. The Bertz CT molecular complexity index is 348. The second kappa shape index (κ2) is 8.19. The summed E-state index contributed by atoms with van der Waals surface area (Å²) in [4.78, 5) is 25.5. The van der Waals surface area contributed by atoms with Gasteiger partial charge in [0, 0.05) is 19.6 Å². The van der Waals surface area contributed by atoms with Gasteiger partial charge in [0.05, 0.1) is 13.2 Å². The first-order valence-electron chi connectivity index (χ1n) is 7.24. The zero-order chi connectivity index (χ0) is 15.9. The highest BCUT2D eigenvalue weighted by molar-refractivity contribution is 5.80. The summed E-state index contributed by atoms with van der Waals surface area (Å²) < 4.78 is 15.5. The predicted octanol–water partition coefficient (Wildman–Crippen LogP) is 0.775. The molecule has 1 fully saturated rings. The van der Waals surface area contributed by atoms with Gasteiger partial charge in [-0.15, -0.1) is 0 Å². The number of alkyl carbamates (subject to hydrolysis) is 1. The first-order chi connectivity index (χ1) is 9.78. The zero-order valence-corrected chi connectivity index (χ0v) is 13.3. The molecule has 1 aliphatic rings. The van der Waals surface area contributed by atoms with E-state index in [4.69, 9.17) is 14.2 Å². The maximum atomic E-state index is 11.8. The molecule has 7 nitrogen and oxygen atoms in total. The van der Waals surface area contributed by atoms with Crippen molar-refractivity contribution >= 4 is 12.1 Å². The molecule has 122 valence electrons. The van der Waals surface area contributed by atoms with Crippen molar-refractivity contribution in [3.05, 3.63) is 0 Å². The zero-order valence-electron chi connectivity index (χ0n) is 13.3. The maximum absolute atomic E-state index is 11.8. The van der Waals surface area contributed by atoms with Crippen molar-refractivity contribution in [2.75, 3.05) is 39.5 Å². The van der Waals surface area contributed by atoms with Crippen LogP contribution in [-0.4, -0.2) is 68.1 Å². The summed E-state index contributed by atoms with van der Waals surface area (Å²) in [6.45, 7) is 11.0. The van der Waals surface area contributed by atoms with Gasteiger partial charge in [-0.25, -0.2) is 9.59 Å². The smallest absolute Gasteiger partial charge is 0.408 e. The molecule has 1 amide bonds. The average molecular weight is 302 g/mol. The number of ether oxygens (including phenoxy) is 3. The molecule has 1 aliphatic heterocycles. The topological polar surface area (TPSA) is 77.1 Å². The lowest BCUT2D eigenvalue weighted by molar-refractivity contribution is -0.146. The number of esters is 1. The van der Waals surface area contributed by atoms with Gasteiger partial charge < -0.3 is 19.5 Å². The summed E-state index contributed by atoms with van der Waals surface area (Å²) >= 11 is 0. The second-order valence-corrected chi connectivity index (χ2v) is 5.99. The Morgan fingerprint density at radius 1 is 1.29 bits per heavy atom. The molecule has 0 aromatic heterocycles. The van der Waals surface area contributed by atoms with E-state index in [1.807, 2.05) is 0 Å². The Balaban J connectivity index is 2.19. The highest BCUT2D eigenvalue weighted by Gasteiger charge is 2.22. The van der Waals surface area contributed by atoms with Crippen molar-refractivity contribution < 1.29 is 23.8 Å². The summed E-state index contributed by atoms with van der Waals surface area (Å²) in [5.74, 6) is -0.464. The lowest BCUT2D eigenvalue weighted by Gasteiger charge is -2.26. The molecule has 7 heteroatoms. The van der Waals surface area contributed by atoms with E-state index in [0.717, 1.165) is 13.1 Å². The first-order valence-corrected chi connectivity index (χ1v) is 7.24. The van der Waals surface area contributed by atoms with Gasteiger partial charge in [0.15, 0.2) is 0 Å². The van der Waals surface area contributed by atoms with E-state index < -0.39 is 23.7 Å². The molecule has 0 aromatic rings. The minimum atomic E-state index is -0.732. The van der Waals surface area contributed by atoms with Crippen LogP contribution in [0.1, 0.15) is 27.7 Å². The molecule has 0 bridgehead atoms. The number of nitrogens with one attached hydrogen (secondary N) is 1. The SMILES string of the molecule is C[C@@H](NC(=O)OC(C)(C)C)C(=O)OCCN1CCOCC1. The molecule has 1 saturated heterocycles. The summed E-state index contributed by atoms with van der Waals surface area (Å²) in [7, 11) is 0. The number of nitrogens with zero attached hydrogens (tertiary/aromatic N) is 1. The van der Waals surface area contributed by atoms with Gasteiger partial charge in [0.25, 0.3) is 0 Å². The Hall–Kier alpha value is -1.34. The standard InChI is InChI=1S/C14H26N2O5/c1-11(15-13(18)21-14(2,3)4)12(17)20-10-7-16-5-8-19-9-6-16/h11H,5-10H2,1-4H3,(H,15,18)/t11-/m1/s1. The van der Waals surface area contributed by atoms with Gasteiger partial charge in [-0.1, -0.05) is 0 Å². The normalized spacial score (nSPS) is 17.9. The van der Waals surface area contributed by atoms with Crippen LogP contribution in [0.15, 0.2) is 0 Å². The molecule has 0 saturated carbocycles. The highest BCUT2D eigenvalue weighted by atomic mass is 16.6. The fourth-order valence-electron chi connectivity index (χ4n) is 1.77. The minimum Gasteiger partial charge on any atom is -0.463 e. The Morgan fingerprint density at radius 3 is 2.48 bits per heavy atom. The minimum absolute atomic E-state index is 0.305. The van der Waals surface area contributed by atoms with E-state index in [0.29, 0.717) is 26.4 Å². The highest BCUT2D eigenvalue weighted by Crippen LogP contribution is 2.06. The van der Waals surface area contributed by atoms with Crippen molar-refractivity contribution in [2.45, 2.75) is 39.3 Å². The molecular formula is C14H26N2O5. The monoisotopic (exact) mass is 302 g/mol. The number of hydrogen-bond acceptors (Lipinski definition) is 6. The molecule has 0 aliphatic carbocycles. The first kappa shape index (κ1) is 17.7. The van der Waals surface area contributed by atoms with Crippen LogP contribution in [0, 0.1) is 0 Å². The molecule has 0 aromatic carbocycles. The number of morpholine rings is 1. The molecule has 1 N–H and O–H groups in total. The van der Waals surface area contributed by atoms with Gasteiger partial charge >= 0.3 is 12.1 Å². The maximum Gasteiger partial charge on any atom is 0.408 e. The molecule has 0 spiro atoms. The van der Waals surface area contributed by atoms with Crippen molar-refractivity contribution in [1.82, 2.24) is 10.2 Å². The number of carbonyl (C=O) groups excluding carboxylic acids is 2. The molecule has 0 radical (unpaired) electrons. The van der Waals surface area contributed by atoms with Crippen molar-refractivity contribution in [3.63, 3.8) is 0 Å². The average Bonchev–Trinajstić information content (AvgIpc) is 2.37. The van der Waals surface area contributed by atoms with Crippen LogP contribution in [0.5, 0.6) is 0 Å². The number of amides is 1. The van der Waals surface area contributed by atoms with E-state index in [1.165, 1.54) is 0 Å². The van der Waals surface area contributed by atoms with E-state index >= 15 is 0 Å². The number of hydrogen-bond donors (Lipinski definition) is 1. The summed E-state index contributed by atoms with van der Waals surface area (Å²) in [6, 6.07) is -0.732. The quantitative estimate of drug-likeness (QED) is 0.756. The molecule has 0 unspecified atom stereocenters. The lowest BCUT2D eigenvalue weighted by atomic mass is 10.2. The van der Waals surface area contributed by atoms with Crippen LogP contribution < -0.4 is 5.32 Å². The van der Waals surface area contributed by atoms with E-state index in [2.05, 4.69) is 10.2 Å². The molecule has 21 heavy (non-hydrogen) atoms. The van der Waals surface area contributed by atoms with Crippen molar-refractivity contribution in [3.8, 4) is 0 Å². The Kier molecular flexibility index (Phi) is 6.91. The van der Waals surface area contributed by atoms with Crippen molar-refractivity contribution in [2.24, 2.45) is 0 Å². The number of carbonyl (C=O) groups is 2.